The fraction of sp³-hybridized carbons (Fsp3) is 0.280. The number of aromatic amines is 1. The lowest BCUT2D eigenvalue weighted by Crippen LogP contribution is -2.19. The number of nitrogens with one attached hydrogen (secondary N) is 1. The number of rotatable bonds is 6. The van der Waals surface area contributed by atoms with Gasteiger partial charge in [-0.1, -0.05) is 55.5 Å². The summed E-state index contributed by atoms with van der Waals surface area (Å²) in [5.41, 5.74) is 4.62. The van der Waals surface area contributed by atoms with Gasteiger partial charge in [0.2, 0.25) is 0 Å². The van der Waals surface area contributed by atoms with Crippen LogP contribution in [0.5, 0.6) is 0 Å². The first-order valence-electron chi connectivity index (χ1n) is 10.8. The molecule has 31 heavy (non-hydrogen) atoms. The molecule has 4 nitrogen and oxygen atoms in total. The van der Waals surface area contributed by atoms with Gasteiger partial charge < -0.3 is 9.88 Å². The fourth-order valence-corrected chi connectivity index (χ4v) is 5.44. The number of anilines is 2. The maximum absolute atomic E-state index is 6.62. The van der Waals surface area contributed by atoms with E-state index >= 15 is 0 Å². The Labute approximate surface area is 195 Å². The summed E-state index contributed by atoms with van der Waals surface area (Å²) in [6, 6.07) is 16.4. The van der Waals surface area contributed by atoms with Crippen LogP contribution < -0.4 is 4.90 Å². The summed E-state index contributed by atoms with van der Waals surface area (Å²) in [4.78, 5) is 15.0. The Morgan fingerprint density at radius 2 is 1.81 bits per heavy atom. The first kappa shape index (κ1) is 20.5. The van der Waals surface area contributed by atoms with Gasteiger partial charge in [0, 0.05) is 34.7 Å². The molecule has 0 atom stereocenters. The van der Waals surface area contributed by atoms with Crippen LogP contribution in [0.25, 0.3) is 10.9 Å². The largest absolute Gasteiger partial charge is 0.358 e. The number of hydrogen-bond donors (Lipinski definition) is 1. The van der Waals surface area contributed by atoms with Crippen molar-refractivity contribution in [3.05, 3.63) is 81.8 Å². The third kappa shape index (κ3) is 4.21. The maximum Gasteiger partial charge on any atom is 0.147 e. The normalized spacial score (nSPS) is 14.4. The zero-order valence-electron chi connectivity index (χ0n) is 17.2. The highest BCUT2D eigenvalue weighted by Crippen LogP contribution is 2.37. The number of para-hydroxylation sites is 1. The second-order valence-corrected chi connectivity index (χ2v) is 9.40. The summed E-state index contributed by atoms with van der Waals surface area (Å²) in [7, 11) is 0. The molecule has 5 rings (SSSR count). The van der Waals surface area contributed by atoms with E-state index in [-0.39, 0.29) is 0 Å². The average molecular weight is 496 g/mol. The number of H-pyrrole nitrogens is 1. The molecule has 3 aromatic heterocycles. The summed E-state index contributed by atoms with van der Waals surface area (Å²) >= 11 is 10.3. The van der Waals surface area contributed by atoms with Crippen molar-refractivity contribution in [3.8, 4) is 0 Å². The Morgan fingerprint density at radius 1 is 1.00 bits per heavy atom. The van der Waals surface area contributed by atoms with E-state index in [0.717, 1.165) is 39.2 Å². The van der Waals surface area contributed by atoms with E-state index in [1.807, 2.05) is 30.5 Å². The number of aromatic nitrogens is 3. The lowest BCUT2D eigenvalue weighted by atomic mass is 9.98. The molecule has 6 heteroatoms. The van der Waals surface area contributed by atoms with Crippen LogP contribution in [0.15, 0.2) is 65.4 Å². The van der Waals surface area contributed by atoms with Crippen LogP contribution in [0.4, 0.5) is 11.5 Å². The summed E-state index contributed by atoms with van der Waals surface area (Å²) in [6.45, 7) is 0.660. The van der Waals surface area contributed by atoms with Gasteiger partial charge in [0.05, 0.1) is 16.5 Å². The van der Waals surface area contributed by atoms with Crippen LogP contribution in [0, 0.1) is 5.92 Å². The van der Waals surface area contributed by atoms with E-state index in [1.165, 1.54) is 36.9 Å². The highest BCUT2D eigenvalue weighted by atomic mass is 79.9. The summed E-state index contributed by atoms with van der Waals surface area (Å²) in [5.74, 6) is 1.61. The standard InChI is InChI=1S/C25H24BrClN4/c26-20-11-6-13-29-25(20)31(18-9-2-1-3-10-18)16-19-22(15-17-7-4-5-8-17)30-21-12-14-28-24(27)23(19)21/h1-3,6,9-14,17,30H,4-5,7-8,15-16H2. The highest BCUT2D eigenvalue weighted by molar-refractivity contribution is 9.10. The quantitative estimate of drug-likeness (QED) is 0.283. The molecule has 4 aromatic rings. The molecular weight excluding hydrogens is 472 g/mol. The predicted molar refractivity (Wildman–Crippen MR) is 131 cm³/mol. The number of benzene rings is 1. The van der Waals surface area contributed by atoms with Crippen LogP contribution >= 0.6 is 27.5 Å². The van der Waals surface area contributed by atoms with Crippen LogP contribution in [0.2, 0.25) is 5.15 Å². The lowest BCUT2D eigenvalue weighted by Gasteiger charge is -2.26. The number of nitrogens with zero attached hydrogens (tertiary/aromatic N) is 3. The third-order valence-electron chi connectivity index (χ3n) is 6.20. The Kier molecular flexibility index (Phi) is 5.97. The first-order valence-corrected chi connectivity index (χ1v) is 11.9. The maximum atomic E-state index is 6.62. The zero-order chi connectivity index (χ0) is 21.2. The van der Waals surface area contributed by atoms with E-state index < -0.39 is 0 Å². The molecule has 0 saturated heterocycles. The van der Waals surface area contributed by atoms with Crippen molar-refractivity contribution < 1.29 is 0 Å². The van der Waals surface area contributed by atoms with Gasteiger partial charge in [0.25, 0.3) is 0 Å². The lowest BCUT2D eigenvalue weighted by molar-refractivity contribution is 0.538. The first-order chi connectivity index (χ1) is 15.2. The minimum atomic E-state index is 0.550. The van der Waals surface area contributed by atoms with Gasteiger partial charge in [-0.15, -0.1) is 0 Å². The molecule has 1 aromatic carbocycles. The van der Waals surface area contributed by atoms with E-state index in [9.17, 15) is 0 Å². The molecule has 3 heterocycles. The van der Waals surface area contributed by atoms with E-state index in [2.05, 4.69) is 55.1 Å². The van der Waals surface area contributed by atoms with Crippen LogP contribution in [-0.2, 0) is 13.0 Å². The monoisotopic (exact) mass is 494 g/mol. The highest BCUT2D eigenvalue weighted by Gasteiger charge is 2.24. The van der Waals surface area contributed by atoms with E-state index in [1.54, 1.807) is 6.20 Å². The molecule has 0 bridgehead atoms. The molecule has 158 valence electrons. The Bertz CT molecular complexity index is 1180. The Morgan fingerprint density at radius 3 is 2.58 bits per heavy atom. The van der Waals surface area contributed by atoms with Crippen LogP contribution in [-0.4, -0.2) is 15.0 Å². The van der Waals surface area contributed by atoms with Crippen molar-refractivity contribution >= 4 is 49.9 Å². The molecule has 1 saturated carbocycles. The van der Waals surface area contributed by atoms with Crippen molar-refractivity contribution in [2.24, 2.45) is 5.92 Å². The minimum Gasteiger partial charge on any atom is -0.358 e. The van der Waals surface area contributed by atoms with Gasteiger partial charge >= 0.3 is 0 Å². The molecule has 1 aliphatic rings. The molecule has 1 N–H and O–H groups in total. The molecule has 0 radical (unpaired) electrons. The van der Waals surface area contributed by atoms with Gasteiger partial charge in [0.1, 0.15) is 11.0 Å². The molecule has 0 spiro atoms. The summed E-state index contributed by atoms with van der Waals surface area (Å²) in [5, 5.41) is 1.57. The second-order valence-electron chi connectivity index (χ2n) is 8.19. The Hall–Kier alpha value is -2.37. The molecule has 0 unspecified atom stereocenters. The minimum absolute atomic E-state index is 0.550. The van der Waals surface area contributed by atoms with Gasteiger partial charge in [-0.3, -0.25) is 0 Å². The van der Waals surface area contributed by atoms with Crippen molar-refractivity contribution in [1.29, 1.82) is 0 Å². The predicted octanol–water partition coefficient (Wildman–Crippen LogP) is 7.44. The topological polar surface area (TPSA) is 44.8 Å². The average Bonchev–Trinajstić information content (AvgIpc) is 3.42. The Balaban J connectivity index is 1.63. The summed E-state index contributed by atoms with van der Waals surface area (Å²) < 4.78 is 0.959. The number of fused-ring (bicyclic) bond motifs is 1. The van der Waals surface area contributed by atoms with Crippen LogP contribution in [0.3, 0.4) is 0 Å². The van der Waals surface area contributed by atoms with Crippen LogP contribution in [0.1, 0.15) is 36.9 Å². The fourth-order valence-electron chi connectivity index (χ4n) is 4.70. The SMILES string of the molecule is Clc1nccc2[nH]c(CC3CCCC3)c(CN(c3ccccc3)c3ncccc3Br)c12. The third-order valence-corrected chi connectivity index (χ3v) is 7.11. The second kappa shape index (κ2) is 9.01. The molecule has 0 amide bonds. The molecule has 0 aliphatic heterocycles. The van der Waals surface area contributed by atoms with Crippen molar-refractivity contribution in [1.82, 2.24) is 15.0 Å². The molecule has 1 aliphatic carbocycles. The van der Waals surface area contributed by atoms with Gasteiger partial charge in [-0.25, -0.2) is 9.97 Å². The zero-order valence-corrected chi connectivity index (χ0v) is 19.5. The van der Waals surface area contributed by atoms with Crippen molar-refractivity contribution in [3.63, 3.8) is 0 Å². The van der Waals surface area contributed by atoms with Gasteiger partial charge in [-0.05, 0) is 58.6 Å². The smallest absolute Gasteiger partial charge is 0.147 e. The van der Waals surface area contributed by atoms with E-state index in [4.69, 9.17) is 16.6 Å². The van der Waals surface area contributed by atoms with Gasteiger partial charge in [-0.2, -0.15) is 0 Å². The van der Waals surface area contributed by atoms with Gasteiger partial charge in [0.15, 0.2) is 0 Å². The molecule has 1 fully saturated rings. The van der Waals surface area contributed by atoms with Crippen molar-refractivity contribution in [2.75, 3.05) is 4.90 Å². The molecular formula is C25H24BrClN4. The number of pyridine rings is 2. The van der Waals surface area contributed by atoms with E-state index in [0.29, 0.717) is 11.7 Å². The summed E-state index contributed by atoms with van der Waals surface area (Å²) in [6.07, 6.45) is 9.92. The number of halogens is 2. The van der Waals surface area contributed by atoms with Crippen molar-refractivity contribution in [2.45, 2.75) is 38.6 Å². The number of hydrogen-bond acceptors (Lipinski definition) is 3.